The lowest BCUT2D eigenvalue weighted by Gasteiger charge is -2.34. The number of piperidine rings is 1. The Morgan fingerprint density at radius 1 is 0.898 bits per heavy atom. The zero-order valence-electron chi connectivity index (χ0n) is 28.6. The number of unbranched alkanes of at least 4 members (excludes halogenated alkanes) is 2. The molecule has 2 aromatic rings. The van der Waals surface area contributed by atoms with Crippen LogP contribution in [-0.2, 0) is 42.0 Å². The molecule has 2 aliphatic rings. The average molecular weight is 695 g/mol. The summed E-state index contributed by atoms with van der Waals surface area (Å²) < 4.78 is 26.7. The second kappa shape index (κ2) is 18.6. The maximum Gasteiger partial charge on any atom is 0.253 e. The molecule has 0 bridgehead atoms. The van der Waals surface area contributed by atoms with Gasteiger partial charge in [0.15, 0.2) is 0 Å². The fourth-order valence-corrected chi connectivity index (χ4v) is 7.03. The lowest BCUT2D eigenvalue weighted by Crippen LogP contribution is -2.54. The van der Waals surface area contributed by atoms with Crippen LogP contribution in [0.4, 0.5) is 0 Å². The Morgan fingerprint density at radius 3 is 2.18 bits per heavy atom. The number of amides is 4. The van der Waals surface area contributed by atoms with Gasteiger partial charge in [-0.3, -0.25) is 24.5 Å². The van der Waals surface area contributed by atoms with E-state index < -0.39 is 28.0 Å². The molecule has 4 amide bonds. The summed E-state index contributed by atoms with van der Waals surface area (Å²) in [4.78, 5) is 60.4. The molecule has 49 heavy (non-hydrogen) atoms. The van der Waals surface area contributed by atoms with Gasteiger partial charge in [0.1, 0.15) is 12.1 Å². The third-order valence-electron chi connectivity index (χ3n) is 8.94. The number of carbonyl (C=O) groups excluding carboxylic acids is 4. The number of likely N-dealkylation sites (tertiary alicyclic amines) is 2. The van der Waals surface area contributed by atoms with E-state index in [0.717, 1.165) is 36.6 Å². The molecule has 13 heteroatoms. The molecule has 3 N–H and O–H groups in total. The molecule has 0 saturated carbocycles. The van der Waals surface area contributed by atoms with Crippen LogP contribution in [0.5, 0.6) is 0 Å². The maximum absolute atomic E-state index is 13.6. The van der Waals surface area contributed by atoms with Gasteiger partial charge in [-0.05, 0) is 55.6 Å². The Balaban J connectivity index is 1.33. The zero-order valence-corrected chi connectivity index (χ0v) is 29.4. The van der Waals surface area contributed by atoms with E-state index in [2.05, 4.69) is 27.3 Å². The van der Waals surface area contributed by atoms with Crippen molar-refractivity contribution < 1.29 is 27.6 Å². The number of guanidine groups is 1. The molecule has 2 heterocycles. The molecule has 0 radical (unpaired) electrons. The van der Waals surface area contributed by atoms with E-state index in [-0.39, 0.29) is 42.4 Å². The lowest BCUT2D eigenvalue weighted by molar-refractivity contribution is -0.139. The van der Waals surface area contributed by atoms with Crippen LogP contribution in [0.15, 0.2) is 65.7 Å². The number of aliphatic imine (C=N–C) groups is 1. The van der Waals surface area contributed by atoms with Crippen LogP contribution in [0.25, 0.3) is 0 Å². The fraction of sp³-hybridized carbons (Fsp3) is 0.528. The number of carbonyl (C=O) groups is 4. The molecule has 0 aliphatic carbocycles. The lowest BCUT2D eigenvalue weighted by atomic mass is 9.96. The quantitative estimate of drug-likeness (QED) is 0.156. The number of hydrogen-bond acceptors (Lipinski definition) is 6. The minimum atomic E-state index is -3.68. The molecule has 12 nitrogen and oxygen atoms in total. The SMILES string of the molecule is CCCCCC(=O)N/C(=N/C(=O)Cc1ccccc1)N1CCC(CNC(=O)[C@@H]2CCCN2C(=O)[C@@H](Cc2ccccc2)NS(C)(=O)=O)CC1. The number of nitrogens with zero attached hydrogens (tertiary/aromatic N) is 3. The summed E-state index contributed by atoms with van der Waals surface area (Å²) >= 11 is 0. The Labute approximate surface area is 290 Å². The van der Waals surface area contributed by atoms with Gasteiger partial charge in [0.25, 0.3) is 5.91 Å². The summed E-state index contributed by atoms with van der Waals surface area (Å²) in [5.41, 5.74) is 1.66. The second-order valence-corrected chi connectivity index (χ2v) is 14.8. The largest absolute Gasteiger partial charge is 0.354 e. The number of benzene rings is 2. The number of hydrogen-bond donors (Lipinski definition) is 3. The van der Waals surface area contributed by atoms with Gasteiger partial charge >= 0.3 is 0 Å². The Hall–Kier alpha value is -4.10. The minimum Gasteiger partial charge on any atom is -0.354 e. The van der Waals surface area contributed by atoms with Crippen molar-refractivity contribution in [1.29, 1.82) is 0 Å². The highest BCUT2D eigenvalue weighted by molar-refractivity contribution is 7.88. The molecule has 0 unspecified atom stereocenters. The predicted octanol–water partition coefficient (Wildman–Crippen LogP) is 2.79. The molecule has 2 saturated heterocycles. The topological polar surface area (TPSA) is 157 Å². The third-order valence-corrected chi connectivity index (χ3v) is 9.65. The van der Waals surface area contributed by atoms with Crippen molar-refractivity contribution in [1.82, 2.24) is 25.2 Å². The highest BCUT2D eigenvalue weighted by Gasteiger charge is 2.38. The standard InChI is InChI=1S/C36H50N6O6S/c1-3-4-7-18-32(43)38-36(39-33(44)25-28-15-10-6-11-16-28)41-22-19-29(20-23-41)26-37-34(45)31-17-12-21-42(31)35(46)30(40-49(2,47)48)24-27-13-8-5-9-14-27/h5-6,8-11,13-16,29-31,40H,3-4,7,12,17-26H2,1-2H3,(H,37,45)(H,38,39,43,44)/t30-,31+/m1/s1. The summed E-state index contributed by atoms with van der Waals surface area (Å²) in [6.45, 7) is 3.98. The summed E-state index contributed by atoms with van der Waals surface area (Å²) in [5, 5.41) is 5.92. The summed E-state index contributed by atoms with van der Waals surface area (Å²) in [6.07, 6.45) is 6.98. The monoisotopic (exact) mass is 694 g/mol. The van der Waals surface area contributed by atoms with Gasteiger partial charge in [0.05, 0.1) is 12.7 Å². The molecule has 4 rings (SSSR count). The third kappa shape index (κ3) is 12.4. The maximum atomic E-state index is 13.6. The average Bonchev–Trinajstić information content (AvgIpc) is 3.57. The summed E-state index contributed by atoms with van der Waals surface area (Å²) in [7, 11) is -3.68. The highest BCUT2D eigenvalue weighted by atomic mass is 32.2. The van der Waals surface area contributed by atoms with Crippen molar-refractivity contribution in [2.24, 2.45) is 10.9 Å². The molecule has 2 aliphatic heterocycles. The molecule has 2 atom stereocenters. The van der Waals surface area contributed by atoms with Crippen molar-refractivity contribution in [2.75, 3.05) is 32.4 Å². The van der Waals surface area contributed by atoms with Gasteiger partial charge in [0, 0.05) is 32.6 Å². The Bertz CT molecular complexity index is 1540. The van der Waals surface area contributed by atoms with E-state index in [1.807, 2.05) is 65.6 Å². The first-order chi connectivity index (χ1) is 23.5. The van der Waals surface area contributed by atoms with E-state index in [9.17, 15) is 27.6 Å². The first-order valence-electron chi connectivity index (χ1n) is 17.3. The van der Waals surface area contributed by atoms with Gasteiger partial charge in [-0.2, -0.15) is 4.99 Å². The van der Waals surface area contributed by atoms with Crippen LogP contribution in [-0.4, -0.2) is 92.3 Å². The van der Waals surface area contributed by atoms with Crippen LogP contribution in [0.2, 0.25) is 0 Å². The number of rotatable bonds is 14. The Morgan fingerprint density at radius 2 is 1.55 bits per heavy atom. The molecule has 2 fully saturated rings. The van der Waals surface area contributed by atoms with Crippen LogP contribution in [0.1, 0.15) is 69.4 Å². The fourth-order valence-electron chi connectivity index (χ4n) is 6.33. The van der Waals surface area contributed by atoms with E-state index >= 15 is 0 Å². The van der Waals surface area contributed by atoms with Gasteiger partial charge in [-0.1, -0.05) is 80.4 Å². The second-order valence-electron chi connectivity index (χ2n) is 13.0. The van der Waals surface area contributed by atoms with Crippen LogP contribution in [0, 0.1) is 5.92 Å². The summed E-state index contributed by atoms with van der Waals surface area (Å²) in [6, 6.07) is 16.9. The van der Waals surface area contributed by atoms with Gasteiger partial charge in [-0.25, -0.2) is 13.1 Å². The highest BCUT2D eigenvalue weighted by Crippen LogP contribution is 2.22. The zero-order chi connectivity index (χ0) is 35.2. The smallest absolute Gasteiger partial charge is 0.253 e. The van der Waals surface area contributed by atoms with Crippen molar-refractivity contribution in [3.63, 3.8) is 0 Å². The van der Waals surface area contributed by atoms with Crippen LogP contribution in [0.3, 0.4) is 0 Å². The molecule has 266 valence electrons. The minimum absolute atomic E-state index is 0.135. The van der Waals surface area contributed by atoms with Crippen molar-refractivity contribution in [3.05, 3.63) is 71.8 Å². The van der Waals surface area contributed by atoms with Gasteiger partial charge in [-0.15, -0.1) is 0 Å². The molecular formula is C36H50N6O6S. The van der Waals surface area contributed by atoms with Crippen LogP contribution < -0.4 is 15.4 Å². The van der Waals surface area contributed by atoms with E-state index in [4.69, 9.17) is 0 Å². The summed E-state index contributed by atoms with van der Waals surface area (Å²) in [5.74, 6) is -0.729. The van der Waals surface area contributed by atoms with Gasteiger partial charge in [0.2, 0.25) is 33.7 Å². The number of nitrogens with one attached hydrogen (secondary N) is 3. The number of sulfonamides is 1. The first kappa shape index (κ1) is 37.7. The molecule has 0 aromatic heterocycles. The van der Waals surface area contributed by atoms with Gasteiger partial charge < -0.3 is 15.1 Å². The predicted molar refractivity (Wildman–Crippen MR) is 189 cm³/mol. The van der Waals surface area contributed by atoms with E-state index in [0.29, 0.717) is 58.3 Å². The van der Waals surface area contributed by atoms with Crippen LogP contribution >= 0.6 is 0 Å². The molecule has 0 spiro atoms. The first-order valence-corrected chi connectivity index (χ1v) is 19.2. The van der Waals surface area contributed by atoms with Crippen molar-refractivity contribution >= 4 is 39.6 Å². The molecule has 2 aromatic carbocycles. The molecular weight excluding hydrogens is 644 g/mol. The van der Waals surface area contributed by atoms with E-state index in [1.165, 1.54) is 4.90 Å². The Kier molecular flexibility index (Phi) is 14.3. The van der Waals surface area contributed by atoms with Crippen molar-refractivity contribution in [2.45, 2.75) is 83.2 Å². The van der Waals surface area contributed by atoms with Crippen molar-refractivity contribution in [3.8, 4) is 0 Å². The van der Waals surface area contributed by atoms with E-state index in [1.54, 1.807) is 0 Å². The normalized spacial score (nSPS) is 17.8.